The van der Waals surface area contributed by atoms with Crippen molar-refractivity contribution < 1.29 is 19.1 Å². The average Bonchev–Trinajstić information content (AvgIpc) is 3.24. The second-order valence-corrected chi connectivity index (χ2v) is 9.49. The molecule has 4 rings (SSSR count). The summed E-state index contributed by atoms with van der Waals surface area (Å²) in [7, 11) is 0. The van der Waals surface area contributed by atoms with Crippen LogP contribution in [0.3, 0.4) is 0 Å². The number of aryl methyl sites for hydroxylation is 1. The van der Waals surface area contributed by atoms with Crippen LogP contribution >= 0.6 is 11.3 Å². The Morgan fingerprint density at radius 1 is 1.29 bits per heavy atom. The van der Waals surface area contributed by atoms with E-state index in [1.807, 2.05) is 25.3 Å². The Labute approximate surface area is 186 Å². The number of carbonyl (C=O) groups excluding carboxylic acids is 2. The molecule has 1 saturated heterocycles. The Hall–Kier alpha value is -2.29. The van der Waals surface area contributed by atoms with Crippen molar-refractivity contribution in [3.63, 3.8) is 0 Å². The maximum absolute atomic E-state index is 12.4. The first-order valence-electron chi connectivity index (χ1n) is 10.7. The van der Waals surface area contributed by atoms with Gasteiger partial charge in [-0.2, -0.15) is 0 Å². The molecule has 2 aliphatic rings. The standard InChI is InChI=1S/C23H29N3O4S/c1-13-5-6-19(22-18(27)7-14(2)21(13)22)29-11-20(28)25-23-24-17(12-31-23)10-26-8-15(3)30-16(4)9-26/h5-6,12,14-16H,7-11H2,1-4H3,(H,24,25,28)/t14-,15+,16+/m1/s1. The molecule has 2 aromatic rings. The lowest BCUT2D eigenvalue weighted by molar-refractivity contribution is -0.118. The van der Waals surface area contributed by atoms with Crippen LogP contribution in [0.2, 0.25) is 0 Å². The lowest BCUT2D eigenvalue weighted by atomic mass is 9.97. The zero-order valence-electron chi connectivity index (χ0n) is 18.4. The number of nitrogens with one attached hydrogen (secondary N) is 1. The van der Waals surface area contributed by atoms with Gasteiger partial charge in [0.2, 0.25) is 0 Å². The van der Waals surface area contributed by atoms with E-state index in [9.17, 15) is 9.59 Å². The fourth-order valence-electron chi connectivity index (χ4n) is 4.61. The summed E-state index contributed by atoms with van der Waals surface area (Å²) in [5.74, 6) is 0.465. The lowest BCUT2D eigenvalue weighted by Crippen LogP contribution is -2.44. The van der Waals surface area contributed by atoms with Gasteiger partial charge in [0, 0.05) is 31.4 Å². The number of Topliss-reactive ketones (excluding diaryl/α,β-unsaturated/α-hetero) is 1. The number of nitrogens with zero attached hydrogens (tertiary/aromatic N) is 2. The summed E-state index contributed by atoms with van der Waals surface area (Å²) < 4.78 is 11.5. The van der Waals surface area contributed by atoms with Gasteiger partial charge in [-0.15, -0.1) is 11.3 Å². The average molecular weight is 444 g/mol. The predicted octanol–water partition coefficient (Wildman–Crippen LogP) is 3.77. The van der Waals surface area contributed by atoms with Gasteiger partial charge in [-0.3, -0.25) is 19.8 Å². The number of hydrogen-bond acceptors (Lipinski definition) is 7. The first kappa shape index (κ1) is 21.9. The van der Waals surface area contributed by atoms with Gasteiger partial charge in [-0.05, 0) is 43.9 Å². The van der Waals surface area contributed by atoms with Crippen LogP contribution in [0.1, 0.15) is 60.3 Å². The van der Waals surface area contributed by atoms with Crippen molar-refractivity contribution in [3.8, 4) is 5.75 Å². The Kier molecular flexibility index (Phi) is 6.41. The van der Waals surface area contributed by atoms with E-state index in [1.54, 1.807) is 6.07 Å². The number of morpholine rings is 1. The highest BCUT2D eigenvalue weighted by Crippen LogP contribution is 2.40. The molecule has 0 spiro atoms. The van der Waals surface area contributed by atoms with Crippen molar-refractivity contribution in [2.75, 3.05) is 25.0 Å². The summed E-state index contributed by atoms with van der Waals surface area (Å²) in [6, 6.07) is 3.73. The monoisotopic (exact) mass is 443 g/mol. The van der Waals surface area contributed by atoms with E-state index in [1.165, 1.54) is 11.3 Å². The highest BCUT2D eigenvalue weighted by Gasteiger charge is 2.31. The Balaban J connectivity index is 1.33. The third-order valence-electron chi connectivity index (χ3n) is 5.73. The molecule has 0 radical (unpaired) electrons. The van der Waals surface area contributed by atoms with Crippen molar-refractivity contribution in [3.05, 3.63) is 39.9 Å². The summed E-state index contributed by atoms with van der Waals surface area (Å²) in [6.45, 7) is 10.5. The molecule has 1 aliphatic carbocycles. The van der Waals surface area contributed by atoms with Gasteiger partial charge in [-0.25, -0.2) is 4.98 Å². The van der Waals surface area contributed by atoms with Gasteiger partial charge in [0.05, 0.1) is 23.5 Å². The van der Waals surface area contributed by atoms with E-state index in [4.69, 9.17) is 9.47 Å². The molecule has 7 nitrogen and oxygen atoms in total. The second kappa shape index (κ2) is 9.06. The van der Waals surface area contributed by atoms with E-state index in [0.717, 1.165) is 36.5 Å². The zero-order valence-corrected chi connectivity index (χ0v) is 19.3. The summed E-state index contributed by atoms with van der Waals surface area (Å²) in [5.41, 5.74) is 3.69. The van der Waals surface area contributed by atoms with Crippen LogP contribution in [0, 0.1) is 6.92 Å². The zero-order chi connectivity index (χ0) is 22.1. The fraction of sp³-hybridized carbons (Fsp3) is 0.522. The number of thiazole rings is 1. The second-order valence-electron chi connectivity index (χ2n) is 8.63. The lowest BCUT2D eigenvalue weighted by Gasteiger charge is -2.34. The van der Waals surface area contributed by atoms with Gasteiger partial charge in [0.1, 0.15) is 5.75 Å². The van der Waals surface area contributed by atoms with E-state index < -0.39 is 0 Å². The number of ether oxygens (including phenoxy) is 2. The predicted molar refractivity (Wildman–Crippen MR) is 120 cm³/mol. The largest absolute Gasteiger partial charge is 0.483 e. The molecule has 1 fully saturated rings. The van der Waals surface area contributed by atoms with Crippen LogP contribution in [0.15, 0.2) is 17.5 Å². The molecular weight excluding hydrogens is 414 g/mol. The quantitative estimate of drug-likeness (QED) is 0.732. The number of benzene rings is 1. The first-order chi connectivity index (χ1) is 14.8. The first-order valence-corrected chi connectivity index (χ1v) is 11.6. The van der Waals surface area contributed by atoms with Crippen molar-refractivity contribution in [2.45, 2.75) is 58.8 Å². The minimum absolute atomic E-state index is 0.0814. The third kappa shape index (κ3) is 4.97. The molecule has 1 amide bonds. The SMILES string of the molecule is Cc1ccc(OCC(=O)Nc2nc(CN3C[C@H](C)O[C@@H](C)C3)cs2)c2c1[C@H](C)CC2=O. The Bertz CT molecular complexity index is 979. The Morgan fingerprint density at radius 2 is 2.03 bits per heavy atom. The van der Waals surface area contributed by atoms with Crippen LogP contribution < -0.4 is 10.1 Å². The molecule has 0 saturated carbocycles. The van der Waals surface area contributed by atoms with Crippen LogP contribution in [-0.2, 0) is 16.1 Å². The Morgan fingerprint density at radius 3 is 2.77 bits per heavy atom. The van der Waals surface area contributed by atoms with Crippen LogP contribution in [-0.4, -0.2) is 53.5 Å². The summed E-state index contributed by atoms with van der Waals surface area (Å²) in [6.07, 6.45) is 0.902. The molecule has 1 aromatic carbocycles. The van der Waals surface area contributed by atoms with Crippen molar-refractivity contribution >= 4 is 28.2 Å². The molecule has 166 valence electrons. The number of amides is 1. The van der Waals surface area contributed by atoms with Crippen molar-refractivity contribution in [1.82, 2.24) is 9.88 Å². The smallest absolute Gasteiger partial charge is 0.264 e. The molecule has 1 aliphatic heterocycles. The molecule has 0 unspecified atom stereocenters. The van der Waals surface area contributed by atoms with Crippen molar-refractivity contribution in [1.29, 1.82) is 0 Å². The fourth-order valence-corrected chi connectivity index (χ4v) is 5.32. The van der Waals surface area contributed by atoms with Gasteiger partial charge in [-0.1, -0.05) is 13.0 Å². The van der Waals surface area contributed by atoms with E-state index in [2.05, 4.69) is 29.0 Å². The minimum Gasteiger partial charge on any atom is -0.483 e. The number of rotatable bonds is 6. The normalized spacial score (nSPS) is 23.6. The van der Waals surface area contributed by atoms with Gasteiger partial charge >= 0.3 is 0 Å². The number of fused-ring (bicyclic) bond motifs is 1. The maximum atomic E-state index is 12.4. The highest BCUT2D eigenvalue weighted by molar-refractivity contribution is 7.13. The molecule has 0 bridgehead atoms. The molecule has 1 aromatic heterocycles. The van der Waals surface area contributed by atoms with Gasteiger partial charge in [0.15, 0.2) is 17.5 Å². The van der Waals surface area contributed by atoms with Crippen LogP contribution in [0.5, 0.6) is 5.75 Å². The molecule has 1 N–H and O–H groups in total. The van der Waals surface area contributed by atoms with Gasteiger partial charge < -0.3 is 9.47 Å². The molecule has 8 heteroatoms. The molecule has 3 atom stereocenters. The van der Waals surface area contributed by atoms with E-state index >= 15 is 0 Å². The number of carbonyl (C=O) groups is 2. The summed E-state index contributed by atoms with van der Waals surface area (Å²) in [4.78, 5) is 31.6. The third-order valence-corrected chi connectivity index (χ3v) is 6.53. The number of anilines is 1. The number of ketones is 1. The van der Waals surface area contributed by atoms with Gasteiger partial charge in [0.25, 0.3) is 5.91 Å². The number of hydrogen-bond donors (Lipinski definition) is 1. The topological polar surface area (TPSA) is 80.8 Å². The number of aromatic nitrogens is 1. The minimum atomic E-state index is -0.290. The van der Waals surface area contributed by atoms with E-state index in [-0.39, 0.29) is 36.4 Å². The molecule has 2 heterocycles. The highest BCUT2D eigenvalue weighted by atomic mass is 32.1. The molecule has 31 heavy (non-hydrogen) atoms. The van der Waals surface area contributed by atoms with Crippen molar-refractivity contribution in [2.24, 2.45) is 0 Å². The summed E-state index contributed by atoms with van der Waals surface area (Å²) >= 11 is 1.40. The molecular formula is C23H29N3O4S. The van der Waals surface area contributed by atoms with Crippen LogP contribution in [0.4, 0.5) is 5.13 Å². The van der Waals surface area contributed by atoms with Crippen LogP contribution in [0.25, 0.3) is 0 Å². The summed E-state index contributed by atoms with van der Waals surface area (Å²) in [5, 5.41) is 5.32. The maximum Gasteiger partial charge on any atom is 0.264 e. The van der Waals surface area contributed by atoms with E-state index in [0.29, 0.717) is 22.9 Å².